The summed E-state index contributed by atoms with van der Waals surface area (Å²) in [5.74, 6) is -0.435. The Morgan fingerprint density at radius 3 is 2.44 bits per heavy atom. The van der Waals surface area contributed by atoms with Crippen molar-refractivity contribution in [1.29, 1.82) is 0 Å². The number of halogens is 3. The summed E-state index contributed by atoms with van der Waals surface area (Å²) in [6.45, 7) is 5.99. The van der Waals surface area contributed by atoms with Crippen LogP contribution in [0, 0.1) is 13.8 Å². The van der Waals surface area contributed by atoms with Gasteiger partial charge in [-0.15, -0.1) is 23.1 Å². The number of thioether (sulfide) groups is 1. The molecular weight excluding hydrogens is 392 g/mol. The molecule has 0 saturated carbocycles. The third-order valence-corrected chi connectivity index (χ3v) is 6.90. The first kappa shape index (κ1) is 21.9. The van der Waals surface area contributed by atoms with Gasteiger partial charge in [0.1, 0.15) is 12.7 Å². The van der Waals surface area contributed by atoms with E-state index in [1.807, 2.05) is 33.8 Å². The number of carbonyl (C=O) groups excluding carboxylic acids is 1. The monoisotopic (exact) mass is 414 g/mol. The highest BCUT2D eigenvalue weighted by Gasteiger charge is 2.30. The number of aryl methyl sites for hydroxylation is 2. The predicted molar refractivity (Wildman–Crippen MR) is 108 cm³/mol. The minimum Gasteiger partial charge on any atom is -0.462 e. The van der Waals surface area contributed by atoms with Crippen LogP contribution in [-0.2, 0) is 4.74 Å². The van der Waals surface area contributed by atoms with Crippen LogP contribution in [-0.4, -0.2) is 26.6 Å². The van der Waals surface area contributed by atoms with E-state index >= 15 is 0 Å². The van der Waals surface area contributed by atoms with Gasteiger partial charge in [0.25, 0.3) is 0 Å². The quantitative estimate of drug-likeness (QED) is 0.363. The molecule has 0 radical (unpaired) electrons. The molecule has 0 aliphatic heterocycles. The molecule has 0 aliphatic rings. The standard InChI is InChI=1S/C19H22BF3O2S2/c1-4-25-18(24)16-6-5-14(27-16)15(7-8-19(21,22)23)26-13-9-11(2)17(20)12(3)10-13/h5-6,9-10,15H,4,7-8,20H2,1-3H3. The van der Waals surface area contributed by atoms with Gasteiger partial charge in [0.2, 0.25) is 0 Å². The zero-order valence-electron chi connectivity index (χ0n) is 15.8. The zero-order chi connectivity index (χ0) is 20.2. The molecule has 1 aromatic heterocycles. The highest BCUT2D eigenvalue weighted by Crippen LogP contribution is 2.43. The first-order valence-electron chi connectivity index (χ1n) is 8.68. The smallest absolute Gasteiger partial charge is 0.389 e. The Hall–Kier alpha value is -1.41. The summed E-state index contributed by atoms with van der Waals surface area (Å²) in [6, 6.07) is 7.38. The van der Waals surface area contributed by atoms with Crippen LogP contribution >= 0.6 is 23.1 Å². The second-order valence-electron chi connectivity index (χ2n) is 6.36. The van der Waals surface area contributed by atoms with Crippen molar-refractivity contribution in [1.82, 2.24) is 0 Å². The molecule has 8 heteroatoms. The Morgan fingerprint density at radius 1 is 1.26 bits per heavy atom. The minimum atomic E-state index is -4.21. The summed E-state index contributed by atoms with van der Waals surface area (Å²) in [5, 5.41) is -0.374. The van der Waals surface area contributed by atoms with Gasteiger partial charge in [-0.3, -0.25) is 0 Å². The Bertz CT molecular complexity index is 779. The van der Waals surface area contributed by atoms with Crippen LogP contribution in [0.2, 0.25) is 0 Å². The Kier molecular flexibility index (Phi) is 7.45. The van der Waals surface area contributed by atoms with Gasteiger partial charge in [-0.2, -0.15) is 13.2 Å². The zero-order valence-corrected chi connectivity index (χ0v) is 17.4. The van der Waals surface area contributed by atoms with Gasteiger partial charge in [-0.05, 0) is 51.5 Å². The number of hydrogen-bond acceptors (Lipinski definition) is 4. The molecule has 1 atom stereocenters. The molecule has 1 heterocycles. The van der Waals surface area contributed by atoms with Crippen molar-refractivity contribution < 1.29 is 22.7 Å². The number of esters is 1. The van der Waals surface area contributed by atoms with Gasteiger partial charge >= 0.3 is 12.1 Å². The molecule has 2 rings (SSSR count). The number of ether oxygens (including phenoxy) is 1. The molecule has 0 fully saturated rings. The van der Waals surface area contributed by atoms with E-state index in [4.69, 9.17) is 4.74 Å². The fourth-order valence-corrected chi connectivity index (χ4v) is 5.08. The van der Waals surface area contributed by atoms with Crippen molar-refractivity contribution in [3.05, 3.63) is 45.1 Å². The number of hydrogen-bond donors (Lipinski definition) is 0. The summed E-state index contributed by atoms with van der Waals surface area (Å²) in [5.41, 5.74) is 3.42. The van der Waals surface area contributed by atoms with Crippen molar-refractivity contribution in [3.63, 3.8) is 0 Å². The van der Waals surface area contributed by atoms with E-state index in [1.165, 1.54) is 28.6 Å². The van der Waals surface area contributed by atoms with Gasteiger partial charge < -0.3 is 4.74 Å². The molecule has 2 aromatic rings. The summed E-state index contributed by atoms with van der Waals surface area (Å²) in [6.07, 6.45) is -5.11. The lowest BCUT2D eigenvalue weighted by molar-refractivity contribution is -0.135. The number of thiophene rings is 1. The molecule has 0 spiro atoms. The fourth-order valence-electron chi connectivity index (χ4n) is 2.62. The fraction of sp³-hybridized carbons (Fsp3) is 0.421. The number of rotatable bonds is 7. The molecule has 27 heavy (non-hydrogen) atoms. The van der Waals surface area contributed by atoms with Crippen LogP contribution in [0.4, 0.5) is 13.2 Å². The van der Waals surface area contributed by atoms with Crippen LogP contribution in [0.3, 0.4) is 0 Å². The molecular formula is C19H22BF3O2S2. The van der Waals surface area contributed by atoms with E-state index in [-0.39, 0.29) is 18.3 Å². The van der Waals surface area contributed by atoms with E-state index in [0.717, 1.165) is 20.9 Å². The summed E-state index contributed by atoms with van der Waals surface area (Å²) >= 11 is 2.62. The maximum atomic E-state index is 12.8. The normalized spacial score (nSPS) is 12.8. The van der Waals surface area contributed by atoms with E-state index < -0.39 is 18.6 Å². The predicted octanol–water partition coefficient (Wildman–Crippen LogP) is 4.98. The molecule has 2 nitrogen and oxygen atoms in total. The van der Waals surface area contributed by atoms with Crippen LogP contribution in [0.5, 0.6) is 0 Å². The van der Waals surface area contributed by atoms with Crippen LogP contribution in [0.25, 0.3) is 0 Å². The SMILES string of the molecule is Bc1c(C)cc(SC(CCC(F)(F)F)c2ccc(C(=O)OCC)s2)cc1C. The maximum Gasteiger partial charge on any atom is 0.389 e. The van der Waals surface area contributed by atoms with Crippen molar-refractivity contribution in [3.8, 4) is 0 Å². The Labute approximate surface area is 166 Å². The summed E-state index contributed by atoms with van der Waals surface area (Å²) in [4.78, 5) is 14.0. The van der Waals surface area contributed by atoms with Gasteiger partial charge in [0, 0.05) is 21.4 Å². The average molecular weight is 414 g/mol. The molecule has 0 aliphatic carbocycles. The molecule has 0 saturated heterocycles. The molecule has 0 N–H and O–H groups in total. The van der Waals surface area contributed by atoms with Crippen molar-refractivity contribution in [2.45, 2.75) is 49.9 Å². The molecule has 1 aromatic carbocycles. The van der Waals surface area contributed by atoms with Crippen molar-refractivity contribution in [2.75, 3.05) is 6.61 Å². The largest absolute Gasteiger partial charge is 0.462 e. The van der Waals surface area contributed by atoms with Gasteiger partial charge in [0.05, 0.1) is 6.61 Å². The average Bonchev–Trinajstić information content (AvgIpc) is 3.05. The molecule has 0 bridgehead atoms. The van der Waals surface area contributed by atoms with E-state index in [9.17, 15) is 18.0 Å². The number of carbonyl (C=O) groups is 1. The second-order valence-corrected chi connectivity index (χ2v) is 8.76. The third kappa shape index (κ3) is 6.31. The van der Waals surface area contributed by atoms with E-state index in [2.05, 4.69) is 0 Å². The first-order valence-corrected chi connectivity index (χ1v) is 10.4. The molecule has 1 unspecified atom stereocenters. The van der Waals surface area contributed by atoms with Crippen LogP contribution in [0.1, 0.15) is 50.7 Å². The summed E-state index contributed by atoms with van der Waals surface area (Å²) in [7, 11) is 2.03. The van der Waals surface area contributed by atoms with Crippen molar-refractivity contribution >= 4 is 42.4 Å². The summed E-state index contributed by atoms with van der Waals surface area (Å²) < 4.78 is 43.4. The number of benzene rings is 1. The van der Waals surface area contributed by atoms with Crippen LogP contribution in [0.15, 0.2) is 29.2 Å². The Balaban J connectivity index is 2.27. The van der Waals surface area contributed by atoms with Gasteiger partial charge in [0.15, 0.2) is 0 Å². The third-order valence-electron chi connectivity index (χ3n) is 4.29. The Morgan fingerprint density at radius 2 is 1.89 bits per heavy atom. The lowest BCUT2D eigenvalue weighted by Gasteiger charge is -2.18. The first-order chi connectivity index (χ1) is 12.6. The van der Waals surface area contributed by atoms with E-state index in [0.29, 0.717) is 4.88 Å². The van der Waals surface area contributed by atoms with Crippen LogP contribution < -0.4 is 5.46 Å². The van der Waals surface area contributed by atoms with Gasteiger partial charge in [-0.25, -0.2) is 4.79 Å². The molecule has 146 valence electrons. The van der Waals surface area contributed by atoms with Crippen molar-refractivity contribution in [2.24, 2.45) is 0 Å². The minimum absolute atomic E-state index is 0.0388. The lowest BCUT2D eigenvalue weighted by Crippen LogP contribution is -2.12. The topological polar surface area (TPSA) is 26.3 Å². The number of alkyl halides is 3. The highest BCUT2D eigenvalue weighted by atomic mass is 32.2. The van der Waals surface area contributed by atoms with Gasteiger partial charge in [-0.1, -0.05) is 16.6 Å². The second kappa shape index (κ2) is 9.19. The highest BCUT2D eigenvalue weighted by molar-refractivity contribution is 7.99. The molecule has 0 amide bonds. The lowest BCUT2D eigenvalue weighted by atomic mass is 9.87. The van der Waals surface area contributed by atoms with E-state index in [1.54, 1.807) is 19.1 Å². The maximum absolute atomic E-state index is 12.8.